The summed E-state index contributed by atoms with van der Waals surface area (Å²) >= 11 is 5.89. The lowest BCUT2D eigenvalue weighted by Gasteiger charge is -2.13. The maximum Gasteiger partial charge on any atom is 0.241 e. The number of hydrogen-bond donors (Lipinski definition) is 2. The number of amides is 1. The van der Waals surface area contributed by atoms with E-state index in [4.69, 9.17) is 22.1 Å². The van der Waals surface area contributed by atoms with Gasteiger partial charge in [-0.3, -0.25) is 4.79 Å². The second-order valence-electron chi connectivity index (χ2n) is 3.67. The zero-order valence-corrected chi connectivity index (χ0v) is 10.6. The normalized spacial score (nSPS) is 12.2. The first-order valence-electron chi connectivity index (χ1n) is 5.22. The lowest BCUT2D eigenvalue weighted by Crippen LogP contribution is -2.36. The van der Waals surface area contributed by atoms with E-state index in [1.54, 1.807) is 19.4 Å². The van der Waals surface area contributed by atoms with Crippen LogP contribution < -0.4 is 11.1 Å². The Morgan fingerprint density at radius 1 is 1.71 bits per heavy atom. The van der Waals surface area contributed by atoms with E-state index in [0.29, 0.717) is 18.7 Å². The van der Waals surface area contributed by atoms with Gasteiger partial charge in [0.05, 0.1) is 11.7 Å². The Morgan fingerprint density at radius 2 is 2.41 bits per heavy atom. The number of carbonyl (C=O) groups is 1. The number of methoxy groups -OCH3 is 1. The van der Waals surface area contributed by atoms with E-state index >= 15 is 0 Å². The predicted molar refractivity (Wildman–Crippen MR) is 67.1 cm³/mol. The molecule has 0 saturated heterocycles. The molecular weight excluding hydrogens is 242 g/mol. The van der Waals surface area contributed by atoms with Gasteiger partial charge in [-0.05, 0) is 25.0 Å². The third kappa shape index (κ3) is 3.96. The number of aryl methyl sites for hydroxylation is 1. The third-order valence-electron chi connectivity index (χ3n) is 2.33. The highest BCUT2D eigenvalue weighted by Gasteiger charge is 2.15. The average molecular weight is 258 g/mol. The topological polar surface area (TPSA) is 77.2 Å². The maximum absolute atomic E-state index is 11.7. The largest absolute Gasteiger partial charge is 0.385 e. The number of rotatable bonds is 5. The highest BCUT2D eigenvalue weighted by Crippen LogP contribution is 2.22. The summed E-state index contributed by atoms with van der Waals surface area (Å²) in [4.78, 5) is 15.6. The molecule has 0 radical (unpaired) electrons. The second kappa shape index (κ2) is 6.54. The number of nitrogens with zero attached hydrogens (tertiary/aromatic N) is 1. The van der Waals surface area contributed by atoms with Crippen molar-refractivity contribution in [2.45, 2.75) is 19.4 Å². The Bertz CT molecular complexity index is 378. The van der Waals surface area contributed by atoms with Gasteiger partial charge in [-0.2, -0.15) is 0 Å². The number of hydrogen-bond acceptors (Lipinski definition) is 4. The van der Waals surface area contributed by atoms with Crippen LogP contribution in [0.2, 0.25) is 5.15 Å². The molecule has 0 spiro atoms. The molecule has 6 heteroatoms. The van der Waals surface area contributed by atoms with Crippen LogP contribution in [-0.4, -0.2) is 30.6 Å². The fourth-order valence-electron chi connectivity index (χ4n) is 1.27. The SMILES string of the molecule is COCCC(N)C(=O)Nc1c(C)ccnc1Cl. The Morgan fingerprint density at radius 3 is 3.00 bits per heavy atom. The Balaban J connectivity index is 2.68. The minimum atomic E-state index is -0.620. The monoisotopic (exact) mass is 257 g/mol. The molecule has 1 atom stereocenters. The summed E-state index contributed by atoms with van der Waals surface area (Å²) in [7, 11) is 1.56. The Kier molecular flexibility index (Phi) is 5.34. The number of halogens is 1. The maximum atomic E-state index is 11.7. The van der Waals surface area contributed by atoms with E-state index in [9.17, 15) is 4.79 Å². The zero-order chi connectivity index (χ0) is 12.8. The molecular formula is C11H16ClN3O2. The summed E-state index contributed by atoms with van der Waals surface area (Å²) in [6.07, 6.45) is 2.04. The molecule has 0 bridgehead atoms. The van der Waals surface area contributed by atoms with E-state index < -0.39 is 6.04 Å². The number of nitrogens with one attached hydrogen (secondary N) is 1. The van der Waals surface area contributed by atoms with Crippen molar-refractivity contribution in [2.75, 3.05) is 19.0 Å². The van der Waals surface area contributed by atoms with Crippen LogP contribution in [0, 0.1) is 6.92 Å². The van der Waals surface area contributed by atoms with Crippen molar-refractivity contribution >= 4 is 23.2 Å². The number of carbonyl (C=O) groups excluding carboxylic acids is 1. The number of aromatic nitrogens is 1. The first kappa shape index (κ1) is 13.9. The first-order chi connectivity index (χ1) is 8.06. The molecule has 17 heavy (non-hydrogen) atoms. The lowest BCUT2D eigenvalue weighted by molar-refractivity contribution is -0.117. The van der Waals surface area contributed by atoms with E-state index in [1.807, 2.05) is 6.92 Å². The van der Waals surface area contributed by atoms with Crippen LogP contribution in [0.15, 0.2) is 12.3 Å². The van der Waals surface area contributed by atoms with Crippen molar-refractivity contribution in [1.82, 2.24) is 4.98 Å². The van der Waals surface area contributed by atoms with Crippen LogP contribution in [0.25, 0.3) is 0 Å². The molecule has 0 fully saturated rings. The molecule has 0 saturated carbocycles. The van der Waals surface area contributed by atoms with Gasteiger partial charge >= 0.3 is 0 Å². The van der Waals surface area contributed by atoms with Crippen molar-refractivity contribution in [3.63, 3.8) is 0 Å². The highest BCUT2D eigenvalue weighted by atomic mass is 35.5. The fraction of sp³-hybridized carbons (Fsp3) is 0.455. The van der Waals surface area contributed by atoms with E-state index in [1.165, 1.54) is 0 Å². The van der Waals surface area contributed by atoms with Crippen molar-refractivity contribution in [3.05, 3.63) is 23.0 Å². The van der Waals surface area contributed by atoms with Crippen molar-refractivity contribution in [1.29, 1.82) is 0 Å². The third-order valence-corrected chi connectivity index (χ3v) is 2.62. The standard InChI is InChI=1S/C11H16ClN3O2/c1-7-3-5-14-10(12)9(7)15-11(16)8(13)4-6-17-2/h3,5,8H,4,6,13H2,1-2H3,(H,15,16). The summed E-state index contributed by atoms with van der Waals surface area (Å²) in [5.41, 5.74) is 7.05. The van der Waals surface area contributed by atoms with Crippen LogP contribution in [0.4, 0.5) is 5.69 Å². The quantitative estimate of drug-likeness (QED) is 0.781. The molecule has 1 amide bonds. The van der Waals surface area contributed by atoms with Gasteiger partial charge in [-0.1, -0.05) is 11.6 Å². The van der Waals surface area contributed by atoms with Gasteiger partial charge in [0.2, 0.25) is 5.91 Å². The second-order valence-corrected chi connectivity index (χ2v) is 4.03. The summed E-state index contributed by atoms with van der Waals surface area (Å²) < 4.78 is 4.86. The molecule has 1 heterocycles. The summed E-state index contributed by atoms with van der Waals surface area (Å²) in [6, 6.07) is 1.15. The van der Waals surface area contributed by atoms with Crippen LogP contribution in [0.3, 0.4) is 0 Å². The molecule has 0 aliphatic carbocycles. The Hall–Kier alpha value is -1.17. The lowest BCUT2D eigenvalue weighted by atomic mass is 10.2. The summed E-state index contributed by atoms with van der Waals surface area (Å²) in [5, 5.41) is 2.93. The molecule has 0 aliphatic rings. The Labute approximate surface area is 105 Å². The smallest absolute Gasteiger partial charge is 0.241 e. The zero-order valence-electron chi connectivity index (χ0n) is 9.87. The predicted octanol–water partition coefficient (Wildman–Crippen LogP) is 1.35. The van der Waals surface area contributed by atoms with Gasteiger partial charge in [-0.25, -0.2) is 4.98 Å². The van der Waals surface area contributed by atoms with Crippen LogP contribution in [0.1, 0.15) is 12.0 Å². The van der Waals surface area contributed by atoms with Gasteiger partial charge in [0, 0.05) is 19.9 Å². The number of ether oxygens (including phenoxy) is 1. The summed E-state index contributed by atoms with van der Waals surface area (Å²) in [6.45, 7) is 2.28. The molecule has 1 rings (SSSR count). The van der Waals surface area contributed by atoms with Gasteiger partial charge in [0.15, 0.2) is 5.15 Å². The van der Waals surface area contributed by atoms with E-state index in [2.05, 4.69) is 10.3 Å². The molecule has 94 valence electrons. The molecule has 0 aliphatic heterocycles. The molecule has 1 unspecified atom stereocenters. The minimum Gasteiger partial charge on any atom is -0.385 e. The van der Waals surface area contributed by atoms with Gasteiger partial charge < -0.3 is 15.8 Å². The van der Waals surface area contributed by atoms with Gasteiger partial charge in [0.1, 0.15) is 0 Å². The van der Waals surface area contributed by atoms with Crippen LogP contribution in [-0.2, 0) is 9.53 Å². The van der Waals surface area contributed by atoms with E-state index in [-0.39, 0.29) is 11.1 Å². The minimum absolute atomic E-state index is 0.261. The van der Waals surface area contributed by atoms with Crippen molar-refractivity contribution in [2.24, 2.45) is 5.73 Å². The molecule has 1 aromatic rings. The first-order valence-corrected chi connectivity index (χ1v) is 5.60. The molecule has 5 nitrogen and oxygen atoms in total. The molecule has 0 aromatic carbocycles. The van der Waals surface area contributed by atoms with Crippen LogP contribution >= 0.6 is 11.6 Å². The summed E-state index contributed by atoms with van der Waals surface area (Å²) in [5.74, 6) is -0.292. The van der Waals surface area contributed by atoms with Crippen molar-refractivity contribution in [3.8, 4) is 0 Å². The molecule has 1 aromatic heterocycles. The number of anilines is 1. The highest BCUT2D eigenvalue weighted by molar-refractivity contribution is 6.32. The average Bonchev–Trinajstić information content (AvgIpc) is 2.30. The van der Waals surface area contributed by atoms with E-state index in [0.717, 1.165) is 5.56 Å². The van der Waals surface area contributed by atoms with Gasteiger partial charge in [0.25, 0.3) is 0 Å². The fourth-order valence-corrected chi connectivity index (χ4v) is 1.52. The van der Waals surface area contributed by atoms with Crippen molar-refractivity contribution < 1.29 is 9.53 Å². The van der Waals surface area contributed by atoms with Gasteiger partial charge in [-0.15, -0.1) is 0 Å². The number of nitrogens with two attached hydrogens (primary N) is 1. The van der Waals surface area contributed by atoms with Crippen LogP contribution in [0.5, 0.6) is 0 Å². The number of pyridine rings is 1. The molecule has 3 N–H and O–H groups in total.